The summed E-state index contributed by atoms with van der Waals surface area (Å²) >= 11 is 0. The molecule has 2 aromatic rings. The quantitative estimate of drug-likeness (QED) is 0.772. The van der Waals surface area contributed by atoms with E-state index in [4.69, 9.17) is 14.0 Å². The number of methoxy groups -OCH3 is 2. The number of carbonyl (C=O) groups is 1. The molecular weight excluding hydrogens is 320 g/mol. The molecule has 0 aliphatic heterocycles. The maximum Gasteiger partial charge on any atom is 0.276 e. The van der Waals surface area contributed by atoms with Gasteiger partial charge in [0.2, 0.25) is 0 Å². The molecule has 4 rings (SSSR count). The van der Waals surface area contributed by atoms with Crippen LogP contribution in [-0.4, -0.2) is 36.2 Å². The predicted octanol–water partition coefficient (Wildman–Crippen LogP) is 3.37. The third-order valence-electron chi connectivity index (χ3n) is 4.80. The number of ether oxygens (including phenoxy) is 2. The summed E-state index contributed by atoms with van der Waals surface area (Å²) in [7, 11) is 3.26. The molecule has 1 aromatic heterocycles. The molecule has 0 bridgehead atoms. The Kier molecular flexibility index (Phi) is 4.11. The van der Waals surface area contributed by atoms with Gasteiger partial charge in [-0.3, -0.25) is 4.79 Å². The highest BCUT2D eigenvalue weighted by Crippen LogP contribution is 2.40. The van der Waals surface area contributed by atoms with Crippen molar-refractivity contribution in [3.63, 3.8) is 0 Å². The Balaban J connectivity index is 1.57. The molecule has 1 heterocycles. The minimum Gasteiger partial charge on any atom is -0.497 e. The highest BCUT2D eigenvalue weighted by Gasteiger charge is 2.36. The van der Waals surface area contributed by atoms with Gasteiger partial charge in [0.05, 0.1) is 20.8 Å². The topological polar surface area (TPSA) is 64.8 Å². The van der Waals surface area contributed by atoms with Crippen LogP contribution in [0.1, 0.15) is 53.4 Å². The lowest BCUT2D eigenvalue weighted by molar-refractivity contribution is 0.0718. The highest BCUT2D eigenvalue weighted by molar-refractivity contribution is 5.92. The molecule has 25 heavy (non-hydrogen) atoms. The van der Waals surface area contributed by atoms with Crippen LogP contribution in [0.15, 0.2) is 28.8 Å². The van der Waals surface area contributed by atoms with Gasteiger partial charge < -0.3 is 18.9 Å². The fourth-order valence-electron chi connectivity index (χ4n) is 3.04. The lowest BCUT2D eigenvalue weighted by Crippen LogP contribution is -2.33. The Morgan fingerprint density at radius 3 is 2.64 bits per heavy atom. The number of aromatic nitrogens is 1. The molecule has 0 atom stereocenters. The number of nitrogens with zero attached hydrogens (tertiary/aromatic N) is 2. The first kappa shape index (κ1) is 16.0. The van der Waals surface area contributed by atoms with E-state index in [1.54, 1.807) is 20.3 Å². The number of benzene rings is 1. The van der Waals surface area contributed by atoms with Crippen LogP contribution < -0.4 is 9.47 Å². The van der Waals surface area contributed by atoms with Crippen molar-refractivity contribution in [1.82, 2.24) is 10.1 Å². The van der Waals surface area contributed by atoms with Crippen molar-refractivity contribution in [1.29, 1.82) is 0 Å². The molecule has 1 aromatic carbocycles. The third kappa shape index (κ3) is 3.34. The Morgan fingerprint density at radius 1 is 1.20 bits per heavy atom. The van der Waals surface area contributed by atoms with Crippen molar-refractivity contribution in [2.45, 2.75) is 44.2 Å². The van der Waals surface area contributed by atoms with E-state index in [1.165, 1.54) is 0 Å². The van der Waals surface area contributed by atoms with Crippen LogP contribution in [0.4, 0.5) is 0 Å². The molecule has 2 aliphatic carbocycles. The predicted molar refractivity (Wildman–Crippen MR) is 90.9 cm³/mol. The van der Waals surface area contributed by atoms with Gasteiger partial charge in [-0.15, -0.1) is 0 Å². The molecular formula is C19H22N2O4. The zero-order valence-electron chi connectivity index (χ0n) is 14.5. The van der Waals surface area contributed by atoms with Crippen molar-refractivity contribution in [3.8, 4) is 11.5 Å². The van der Waals surface area contributed by atoms with Crippen molar-refractivity contribution >= 4 is 5.91 Å². The summed E-state index contributed by atoms with van der Waals surface area (Å²) in [6.45, 7) is 0.468. The van der Waals surface area contributed by atoms with E-state index in [0.29, 0.717) is 18.2 Å². The molecule has 0 saturated heterocycles. The summed E-state index contributed by atoms with van der Waals surface area (Å²) in [5.74, 6) is 2.69. The number of hydrogen-bond donors (Lipinski definition) is 0. The molecule has 0 radical (unpaired) electrons. The Bertz CT molecular complexity index is 777. The van der Waals surface area contributed by atoms with E-state index in [2.05, 4.69) is 5.16 Å². The van der Waals surface area contributed by atoms with Gasteiger partial charge in [-0.2, -0.15) is 0 Å². The Hall–Kier alpha value is -2.50. The van der Waals surface area contributed by atoms with Crippen LogP contribution in [0.5, 0.6) is 11.5 Å². The first-order chi connectivity index (χ1) is 12.2. The average molecular weight is 342 g/mol. The van der Waals surface area contributed by atoms with E-state index < -0.39 is 0 Å². The second-order valence-corrected chi connectivity index (χ2v) is 6.73. The molecule has 0 spiro atoms. The zero-order valence-corrected chi connectivity index (χ0v) is 14.5. The van der Waals surface area contributed by atoms with Crippen molar-refractivity contribution < 1.29 is 18.8 Å². The molecule has 0 unspecified atom stereocenters. The number of hydrogen-bond acceptors (Lipinski definition) is 5. The number of rotatable bonds is 7. The van der Waals surface area contributed by atoms with E-state index in [9.17, 15) is 4.79 Å². The molecule has 1 amide bonds. The summed E-state index contributed by atoms with van der Waals surface area (Å²) in [4.78, 5) is 14.8. The molecule has 6 nitrogen and oxygen atoms in total. The molecule has 132 valence electrons. The second kappa shape index (κ2) is 6.43. The van der Waals surface area contributed by atoms with Crippen LogP contribution in [0.3, 0.4) is 0 Å². The van der Waals surface area contributed by atoms with E-state index in [-0.39, 0.29) is 11.9 Å². The van der Waals surface area contributed by atoms with Gasteiger partial charge in [0, 0.05) is 23.6 Å². The standard InChI is InChI=1S/C19H22N2O4/c1-23-15-7-8-17(24-2)13(9-15)11-21(14-5-6-14)19(22)16-10-18(25-20-16)12-3-4-12/h7-10,12,14H,3-6,11H2,1-2H3. The fraction of sp³-hybridized carbons (Fsp3) is 0.474. The summed E-state index contributed by atoms with van der Waals surface area (Å²) in [6.07, 6.45) is 4.28. The second-order valence-electron chi connectivity index (χ2n) is 6.73. The number of amides is 1. The molecule has 0 N–H and O–H groups in total. The maximum atomic E-state index is 13.0. The maximum absolute atomic E-state index is 13.0. The normalized spacial score (nSPS) is 16.6. The van der Waals surface area contributed by atoms with Crippen molar-refractivity contribution in [2.24, 2.45) is 0 Å². The van der Waals surface area contributed by atoms with Gasteiger partial charge in [-0.1, -0.05) is 5.16 Å². The summed E-state index contributed by atoms with van der Waals surface area (Å²) in [5, 5.41) is 4.00. The molecule has 2 aliphatic rings. The Labute approximate surface area is 146 Å². The van der Waals surface area contributed by atoms with Gasteiger partial charge in [0.25, 0.3) is 5.91 Å². The minimum absolute atomic E-state index is 0.0805. The SMILES string of the molecule is COc1ccc(OC)c(CN(C(=O)c2cc(C3CC3)on2)C2CC2)c1. The van der Waals surface area contributed by atoms with Crippen LogP contribution in [0.2, 0.25) is 0 Å². The summed E-state index contributed by atoms with van der Waals surface area (Å²) in [5.41, 5.74) is 1.32. The van der Waals surface area contributed by atoms with E-state index in [0.717, 1.165) is 48.5 Å². The van der Waals surface area contributed by atoms with E-state index >= 15 is 0 Å². The number of carbonyl (C=O) groups excluding carboxylic acids is 1. The summed E-state index contributed by atoms with van der Waals surface area (Å²) < 4.78 is 16.1. The first-order valence-electron chi connectivity index (χ1n) is 8.68. The monoisotopic (exact) mass is 342 g/mol. The average Bonchev–Trinajstić information content (AvgIpc) is 3.58. The highest BCUT2D eigenvalue weighted by atomic mass is 16.5. The molecule has 2 fully saturated rings. The smallest absolute Gasteiger partial charge is 0.276 e. The van der Waals surface area contributed by atoms with Crippen LogP contribution in [0.25, 0.3) is 0 Å². The third-order valence-corrected chi connectivity index (χ3v) is 4.80. The fourth-order valence-corrected chi connectivity index (χ4v) is 3.04. The van der Waals surface area contributed by atoms with Crippen LogP contribution in [0, 0.1) is 0 Å². The van der Waals surface area contributed by atoms with Crippen molar-refractivity contribution in [3.05, 3.63) is 41.3 Å². The van der Waals surface area contributed by atoms with Gasteiger partial charge in [-0.25, -0.2) is 0 Å². The zero-order chi connectivity index (χ0) is 17.4. The van der Waals surface area contributed by atoms with Crippen LogP contribution in [-0.2, 0) is 6.54 Å². The van der Waals surface area contributed by atoms with E-state index in [1.807, 2.05) is 23.1 Å². The lowest BCUT2D eigenvalue weighted by atomic mass is 10.1. The van der Waals surface area contributed by atoms with Gasteiger partial charge in [-0.05, 0) is 43.9 Å². The lowest BCUT2D eigenvalue weighted by Gasteiger charge is -2.22. The molecule has 2 saturated carbocycles. The van der Waals surface area contributed by atoms with Gasteiger partial charge in [0.1, 0.15) is 17.3 Å². The van der Waals surface area contributed by atoms with Gasteiger partial charge >= 0.3 is 0 Å². The summed E-state index contributed by atoms with van der Waals surface area (Å²) in [6, 6.07) is 7.69. The Morgan fingerprint density at radius 2 is 2.00 bits per heavy atom. The minimum atomic E-state index is -0.0805. The first-order valence-corrected chi connectivity index (χ1v) is 8.68. The van der Waals surface area contributed by atoms with Gasteiger partial charge in [0.15, 0.2) is 5.69 Å². The molecule has 6 heteroatoms. The largest absolute Gasteiger partial charge is 0.497 e. The van der Waals surface area contributed by atoms with Crippen LogP contribution >= 0.6 is 0 Å². The van der Waals surface area contributed by atoms with Crippen molar-refractivity contribution in [2.75, 3.05) is 14.2 Å².